The van der Waals surface area contributed by atoms with Crippen LogP contribution in [0.1, 0.15) is 9.81 Å². The normalized spacial score (nSPS) is 13.4. The largest absolute Gasteiger partial charge is 0.357 e. The molecule has 0 atom stereocenters. The van der Waals surface area contributed by atoms with Gasteiger partial charge in [-0.1, -0.05) is 0 Å². The third kappa shape index (κ3) is 3.01. The topological polar surface area (TPSA) is 75.6 Å². The molecule has 88 valence electrons. The molecule has 2 rings (SSSR count). The molecule has 6 nitrogen and oxygen atoms in total. The number of rotatable bonds is 3. The first-order valence-corrected chi connectivity index (χ1v) is 5.09. The zero-order valence-corrected chi connectivity index (χ0v) is 9.65. The SMILES string of the molecule is [2H]C([2H])([2H])Nc1nc(Cl)nc(Nc2ccnc(C)c2)n1. The number of hydrogen-bond donors (Lipinski definition) is 2. The van der Waals surface area contributed by atoms with Crippen molar-refractivity contribution in [3.63, 3.8) is 0 Å². The van der Waals surface area contributed by atoms with Crippen molar-refractivity contribution in [2.75, 3.05) is 17.6 Å². The smallest absolute Gasteiger partial charge is 0.233 e. The fourth-order valence-electron chi connectivity index (χ4n) is 1.21. The quantitative estimate of drug-likeness (QED) is 0.872. The van der Waals surface area contributed by atoms with E-state index in [0.717, 1.165) is 5.69 Å². The van der Waals surface area contributed by atoms with Gasteiger partial charge in [0.15, 0.2) is 0 Å². The summed E-state index contributed by atoms with van der Waals surface area (Å²) in [6, 6.07) is 3.51. The molecular weight excluding hydrogens is 240 g/mol. The van der Waals surface area contributed by atoms with Gasteiger partial charge in [-0.2, -0.15) is 15.0 Å². The van der Waals surface area contributed by atoms with Crippen LogP contribution in [0.5, 0.6) is 0 Å². The Morgan fingerprint density at radius 3 is 2.88 bits per heavy atom. The van der Waals surface area contributed by atoms with Crippen LogP contribution in [0.15, 0.2) is 18.3 Å². The molecule has 0 aliphatic rings. The highest BCUT2D eigenvalue weighted by atomic mass is 35.5. The summed E-state index contributed by atoms with van der Waals surface area (Å²) in [6.45, 7) is -0.567. The Morgan fingerprint density at radius 2 is 2.12 bits per heavy atom. The van der Waals surface area contributed by atoms with Crippen molar-refractivity contribution < 1.29 is 4.11 Å². The molecule has 0 saturated carbocycles. The highest BCUT2D eigenvalue weighted by Gasteiger charge is 2.04. The lowest BCUT2D eigenvalue weighted by molar-refractivity contribution is 1.05. The van der Waals surface area contributed by atoms with Gasteiger partial charge in [0, 0.05) is 28.7 Å². The van der Waals surface area contributed by atoms with E-state index < -0.39 is 6.98 Å². The predicted molar refractivity (Wildman–Crippen MR) is 66.6 cm³/mol. The van der Waals surface area contributed by atoms with E-state index in [1.165, 1.54) is 0 Å². The highest BCUT2D eigenvalue weighted by molar-refractivity contribution is 6.28. The van der Waals surface area contributed by atoms with Crippen molar-refractivity contribution in [2.45, 2.75) is 6.92 Å². The van der Waals surface area contributed by atoms with Crippen molar-refractivity contribution in [2.24, 2.45) is 0 Å². The Kier molecular flexibility index (Phi) is 2.37. The van der Waals surface area contributed by atoms with Crippen LogP contribution in [0.4, 0.5) is 17.6 Å². The second-order valence-electron chi connectivity index (χ2n) is 3.19. The number of aryl methyl sites for hydroxylation is 1. The highest BCUT2D eigenvalue weighted by Crippen LogP contribution is 2.15. The van der Waals surface area contributed by atoms with Crippen LogP contribution in [-0.2, 0) is 0 Å². The van der Waals surface area contributed by atoms with E-state index in [1.807, 2.05) is 6.92 Å². The maximum absolute atomic E-state index is 7.11. The van der Waals surface area contributed by atoms with Crippen LogP contribution in [0.2, 0.25) is 5.28 Å². The monoisotopic (exact) mass is 253 g/mol. The molecule has 0 aliphatic heterocycles. The van der Waals surface area contributed by atoms with Crippen LogP contribution in [-0.4, -0.2) is 26.9 Å². The van der Waals surface area contributed by atoms with E-state index in [1.54, 1.807) is 18.3 Å². The number of nitrogens with zero attached hydrogens (tertiary/aromatic N) is 4. The van der Waals surface area contributed by atoms with E-state index >= 15 is 0 Å². The lowest BCUT2D eigenvalue weighted by Crippen LogP contribution is -2.03. The Hall–Kier alpha value is -1.95. The molecule has 7 heteroatoms. The zero-order chi connectivity index (χ0) is 14.8. The first-order valence-electron chi connectivity index (χ1n) is 6.21. The number of nitrogens with one attached hydrogen (secondary N) is 2. The van der Waals surface area contributed by atoms with Gasteiger partial charge in [0.05, 0.1) is 0 Å². The van der Waals surface area contributed by atoms with Gasteiger partial charge in [0.2, 0.25) is 17.2 Å². The second kappa shape index (κ2) is 4.92. The first kappa shape index (κ1) is 8.19. The fraction of sp³-hybridized carbons (Fsp3) is 0.200. The third-order valence-corrected chi connectivity index (χ3v) is 2.04. The summed E-state index contributed by atoms with van der Waals surface area (Å²) in [5.74, 6) is 0.0145. The van der Waals surface area contributed by atoms with Gasteiger partial charge in [0.25, 0.3) is 0 Å². The van der Waals surface area contributed by atoms with Crippen LogP contribution < -0.4 is 10.6 Å². The Bertz CT molecular complexity index is 618. The first-order chi connectivity index (χ1) is 9.32. The summed E-state index contributed by atoms with van der Waals surface area (Å²) in [7, 11) is 0. The maximum atomic E-state index is 7.11. The second-order valence-corrected chi connectivity index (χ2v) is 3.53. The molecule has 0 spiro atoms. The molecule has 0 fully saturated rings. The standard InChI is InChI=1S/C10H11ClN6/c1-6-5-7(3-4-13-6)14-10-16-8(11)15-9(12-2)17-10/h3-5H,1-2H3,(H2,12,13,14,15,16,17)/i2D3. The lowest BCUT2D eigenvalue weighted by Gasteiger charge is -2.06. The Morgan fingerprint density at radius 1 is 1.29 bits per heavy atom. The van der Waals surface area contributed by atoms with Crippen molar-refractivity contribution in [3.05, 3.63) is 29.3 Å². The fourth-order valence-corrected chi connectivity index (χ4v) is 1.37. The Balaban J connectivity index is 2.24. The molecule has 0 aromatic carbocycles. The average molecular weight is 254 g/mol. The molecule has 2 aromatic heterocycles. The van der Waals surface area contributed by atoms with Gasteiger partial charge < -0.3 is 10.6 Å². The number of aromatic nitrogens is 4. The van der Waals surface area contributed by atoms with Crippen molar-refractivity contribution in [1.82, 2.24) is 19.9 Å². The van der Waals surface area contributed by atoms with E-state index in [2.05, 4.69) is 30.6 Å². The maximum Gasteiger partial charge on any atom is 0.233 e. The summed E-state index contributed by atoms with van der Waals surface area (Å²) in [5.41, 5.74) is 1.52. The molecule has 2 heterocycles. The molecule has 0 radical (unpaired) electrons. The van der Waals surface area contributed by atoms with Crippen LogP contribution in [0.3, 0.4) is 0 Å². The molecular formula is C10H11ClN6. The summed E-state index contributed by atoms with van der Waals surface area (Å²) < 4.78 is 21.3. The molecule has 0 bridgehead atoms. The van der Waals surface area contributed by atoms with Crippen molar-refractivity contribution >= 4 is 29.2 Å². The van der Waals surface area contributed by atoms with Crippen molar-refractivity contribution in [3.8, 4) is 0 Å². The minimum absolute atomic E-state index is 0.111. The zero-order valence-electron chi connectivity index (χ0n) is 11.9. The summed E-state index contributed by atoms with van der Waals surface area (Å²) in [6.07, 6.45) is 1.63. The molecule has 0 saturated heterocycles. The molecule has 0 unspecified atom stereocenters. The number of anilines is 3. The minimum Gasteiger partial charge on any atom is -0.357 e. The Labute approximate surface area is 108 Å². The number of pyridine rings is 1. The van der Waals surface area contributed by atoms with Crippen molar-refractivity contribution in [1.29, 1.82) is 0 Å². The predicted octanol–water partition coefficient (Wildman–Crippen LogP) is 2.01. The lowest BCUT2D eigenvalue weighted by atomic mass is 10.3. The third-order valence-electron chi connectivity index (χ3n) is 1.87. The van der Waals surface area contributed by atoms with E-state index in [-0.39, 0.29) is 17.2 Å². The van der Waals surface area contributed by atoms with Crippen LogP contribution in [0.25, 0.3) is 0 Å². The molecule has 0 amide bonds. The summed E-state index contributed by atoms with van der Waals surface area (Å²) >= 11 is 5.74. The van der Waals surface area contributed by atoms with E-state index in [4.69, 9.17) is 15.7 Å². The minimum atomic E-state index is -2.41. The molecule has 2 aromatic rings. The molecule has 0 aliphatic carbocycles. The molecule has 17 heavy (non-hydrogen) atoms. The van der Waals surface area contributed by atoms with E-state index in [0.29, 0.717) is 5.69 Å². The number of halogens is 1. The summed E-state index contributed by atoms with van der Waals surface area (Å²) in [4.78, 5) is 15.6. The van der Waals surface area contributed by atoms with Gasteiger partial charge in [0.1, 0.15) is 0 Å². The summed E-state index contributed by atoms with van der Waals surface area (Å²) in [5, 5.41) is 4.95. The van der Waals surface area contributed by atoms with Crippen LogP contribution >= 0.6 is 11.6 Å². The van der Waals surface area contributed by atoms with Gasteiger partial charge in [-0.05, 0) is 30.7 Å². The average Bonchev–Trinajstić information content (AvgIpc) is 2.25. The van der Waals surface area contributed by atoms with Gasteiger partial charge in [-0.25, -0.2) is 0 Å². The van der Waals surface area contributed by atoms with E-state index in [9.17, 15) is 0 Å². The number of hydrogen-bond acceptors (Lipinski definition) is 6. The molecule has 2 N–H and O–H groups in total. The van der Waals surface area contributed by atoms with Crippen LogP contribution in [0, 0.1) is 6.92 Å². The van der Waals surface area contributed by atoms with Gasteiger partial charge >= 0.3 is 0 Å². The van der Waals surface area contributed by atoms with Gasteiger partial charge in [-0.15, -0.1) is 0 Å². The van der Waals surface area contributed by atoms with Gasteiger partial charge in [-0.3, -0.25) is 4.98 Å².